The Labute approximate surface area is 255 Å². The van der Waals surface area contributed by atoms with Crippen molar-refractivity contribution < 1.29 is 27.5 Å². The van der Waals surface area contributed by atoms with Crippen molar-refractivity contribution in [1.82, 2.24) is 10.3 Å². The summed E-state index contributed by atoms with van der Waals surface area (Å²) in [6.07, 6.45) is 0.0124. The van der Waals surface area contributed by atoms with Crippen molar-refractivity contribution in [1.29, 1.82) is 0 Å². The number of nitrogens with one attached hydrogen (secondary N) is 2. The van der Waals surface area contributed by atoms with Crippen molar-refractivity contribution in [3.8, 4) is 0 Å². The smallest absolute Gasteiger partial charge is 0.416 e. The third-order valence-electron chi connectivity index (χ3n) is 7.77. The van der Waals surface area contributed by atoms with Gasteiger partial charge in [-0.2, -0.15) is 13.2 Å². The summed E-state index contributed by atoms with van der Waals surface area (Å²) in [5, 5.41) is 4.05. The second-order valence-electron chi connectivity index (χ2n) is 12.3. The summed E-state index contributed by atoms with van der Waals surface area (Å²) >= 11 is 0. The van der Waals surface area contributed by atoms with Crippen molar-refractivity contribution >= 4 is 28.5 Å². The molecule has 1 amide bonds. The number of rotatable bonds is 9. The predicted molar refractivity (Wildman–Crippen MR) is 165 cm³/mol. The number of amides is 1. The zero-order valence-corrected chi connectivity index (χ0v) is 25.3. The highest BCUT2D eigenvalue weighted by atomic mass is 19.4. The van der Waals surface area contributed by atoms with Gasteiger partial charge in [0.2, 0.25) is 5.91 Å². The van der Waals surface area contributed by atoms with E-state index in [9.17, 15) is 22.8 Å². The topological polar surface area (TPSA) is 74.4 Å². The van der Waals surface area contributed by atoms with Crippen molar-refractivity contribution in [2.45, 2.75) is 70.7 Å². The third kappa shape index (κ3) is 7.62. The number of carbonyl (C=O) groups excluding carboxylic acids is 2. The molecule has 2 heterocycles. The Hall–Kier alpha value is -4.27. The van der Waals surface area contributed by atoms with Crippen LogP contribution in [0.1, 0.15) is 73.9 Å². The van der Waals surface area contributed by atoms with E-state index in [1.807, 2.05) is 80.4 Å². The van der Waals surface area contributed by atoms with Gasteiger partial charge in [0.25, 0.3) is 0 Å². The fraction of sp³-hybridized carbons (Fsp3) is 0.371. The molecular weight excluding hydrogens is 567 g/mol. The minimum absolute atomic E-state index is 0.0790. The lowest BCUT2D eigenvalue weighted by atomic mass is 9.94. The molecule has 232 valence electrons. The molecule has 1 fully saturated rings. The number of fused-ring (bicyclic) bond motifs is 1. The molecule has 0 radical (unpaired) electrons. The van der Waals surface area contributed by atoms with E-state index >= 15 is 0 Å². The maximum Gasteiger partial charge on any atom is 0.416 e. The van der Waals surface area contributed by atoms with Gasteiger partial charge in [-0.25, -0.2) is 0 Å². The molecule has 1 aliphatic rings. The number of nitrogens with zero attached hydrogens (tertiary/aromatic N) is 1. The van der Waals surface area contributed by atoms with Crippen LogP contribution in [0.25, 0.3) is 10.9 Å². The summed E-state index contributed by atoms with van der Waals surface area (Å²) in [6, 6.07) is 18.2. The van der Waals surface area contributed by atoms with Crippen LogP contribution in [-0.4, -0.2) is 35.6 Å². The SMILES string of the molecule is CC(C)(C)OC(=O)CCc1c[nH]c2ccc(CC(=O)NC(c3ccccc3)c3ccc(C(F)(F)F)cc3N3CCCC3)cc12. The number of aromatic nitrogens is 1. The van der Waals surface area contributed by atoms with Gasteiger partial charge in [0.1, 0.15) is 5.60 Å². The molecule has 1 unspecified atom stereocenters. The zero-order valence-electron chi connectivity index (χ0n) is 25.3. The van der Waals surface area contributed by atoms with Gasteiger partial charge < -0.3 is 19.9 Å². The molecule has 44 heavy (non-hydrogen) atoms. The first-order chi connectivity index (χ1) is 20.9. The van der Waals surface area contributed by atoms with Crippen molar-refractivity contribution in [3.63, 3.8) is 0 Å². The number of esters is 1. The Balaban J connectivity index is 1.39. The van der Waals surface area contributed by atoms with Crippen LogP contribution in [0.3, 0.4) is 0 Å². The molecule has 5 rings (SSSR count). The molecule has 0 bridgehead atoms. The number of H-pyrrole nitrogens is 1. The summed E-state index contributed by atoms with van der Waals surface area (Å²) < 4.78 is 46.6. The Morgan fingerprint density at radius 1 is 0.977 bits per heavy atom. The molecule has 4 aromatic rings. The average Bonchev–Trinajstić information content (AvgIpc) is 3.64. The van der Waals surface area contributed by atoms with Gasteiger partial charge in [-0.1, -0.05) is 42.5 Å². The van der Waals surface area contributed by atoms with Gasteiger partial charge in [0.05, 0.1) is 18.0 Å². The third-order valence-corrected chi connectivity index (χ3v) is 7.77. The van der Waals surface area contributed by atoms with E-state index < -0.39 is 23.4 Å². The number of alkyl halides is 3. The maximum absolute atomic E-state index is 13.7. The number of aromatic amines is 1. The first-order valence-corrected chi connectivity index (χ1v) is 15.0. The van der Waals surface area contributed by atoms with Crippen molar-refractivity contribution in [2.75, 3.05) is 18.0 Å². The molecule has 1 aromatic heterocycles. The normalized spacial score (nSPS) is 14.5. The Morgan fingerprint density at radius 2 is 1.70 bits per heavy atom. The second-order valence-corrected chi connectivity index (χ2v) is 12.3. The lowest BCUT2D eigenvalue weighted by Gasteiger charge is -2.28. The van der Waals surface area contributed by atoms with E-state index in [-0.39, 0.29) is 24.7 Å². The fourth-order valence-corrected chi connectivity index (χ4v) is 5.75. The summed E-state index contributed by atoms with van der Waals surface area (Å²) in [5.74, 6) is -0.526. The number of benzene rings is 3. The van der Waals surface area contributed by atoms with Gasteiger partial charge in [-0.15, -0.1) is 0 Å². The molecule has 0 spiro atoms. The largest absolute Gasteiger partial charge is 0.460 e. The van der Waals surface area contributed by atoms with Crippen molar-refractivity contribution in [2.24, 2.45) is 0 Å². The molecule has 1 aliphatic heterocycles. The summed E-state index contributed by atoms with van der Waals surface area (Å²) in [4.78, 5) is 31.0. The number of aryl methyl sites for hydroxylation is 1. The summed E-state index contributed by atoms with van der Waals surface area (Å²) in [5.41, 5.74) is 3.29. The Bertz CT molecular complexity index is 1620. The molecule has 3 aromatic carbocycles. The van der Waals surface area contributed by atoms with E-state index in [0.717, 1.165) is 46.5 Å². The van der Waals surface area contributed by atoms with Crippen LogP contribution in [-0.2, 0) is 33.3 Å². The van der Waals surface area contributed by atoms with Crippen LogP contribution in [0.2, 0.25) is 0 Å². The number of carbonyl (C=O) groups is 2. The lowest BCUT2D eigenvalue weighted by molar-refractivity contribution is -0.154. The Kier molecular flexibility index (Phi) is 9.04. The predicted octanol–water partition coefficient (Wildman–Crippen LogP) is 7.51. The van der Waals surface area contributed by atoms with Gasteiger partial charge in [0, 0.05) is 47.9 Å². The Morgan fingerprint density at radius 3 is 2.39 bits per heavy atom. The molecule has 1 saturated heterocycles. The molecular formula is C35H38F3N3O3. The lowest BCUT2D eigenvalue weighted by Crippen LogP contribution is -2.32. The van der Waals surface area contributed by atoms with E-state index in [0.29, 0.717) is 30.8 Å². The summed E-state index contributed by atoms with van der Waals surface area (Å²) in [7, 11) is 0. The van der Waals surface area contributed by atoms with Crippen LogP contribution in [0, 0.1) is 0 Å². The monoisotopic (exact) mass is 605 g/mol. The quantitative estimate of drug-likeness (QED) is 0.194. The number of halogens is 3. The van der Waals surface area contributed by atoms with Crippen LogP contribution in [0.15, 0.2) is 72.9 Å². The molecule has 6 nitrogen and oxygen atoms in total. The average molecular weight is 606 g/mol. The fourth-order valence-electron chi connectivity index (χ4n) is 5.75. The first kappa shape index (κ1) is 31.2. The standard InChI is InChI=1S/C35H38F3N3O3/c1-34(2,3)44-32(43)16-12-25-22-39-29-15-11-23(19-28(25)29)20-31(42)40-33(24-9-5-4-6-10-24)27-14-13-26(35(36,37)38)21-30(27)41-17-7-8-18-41/h4-6,9-11,13-15,19,21-22,33,39H,7-8,12,16-18,20H2,1-3H3,(H,40,42). The zero-order chi connectivity index (χ0) is 31.5. The molecule has 0 saturated carbocycles. The van der Waals surface area contributed by atoms with E-state index in [1.54, 1.807) is 0 Å². The molecule has 1 atom stereocenters. The number of hydrogen-bond acceptors (Lipinski definition) is 4. The van der Waals surface area contributed by atoms with Crippen LogP contribution in [0.5, 0.6) is 0 Å². The highest BCUT2D eigenvalue weighted by Crippen LogP contribution is 2.38. The number of anilines is 1. The van der Waals surface area contributed by atoms with E-state index in [1.165, 1.54) is 12.1 Å². The number of hydrogen-bond donors (Lipinski definition) is 2. The molecule has 0 aliphatic carbocycles. The van der Waals surface area contributed by atoms with Crippen molar-refractivity contribution in [3.05, 3.63) is 101 Å². The van der Waals surface area contributed by atoms with E-state index in [4.69, 9.17) is 4.74 Å². The van der Waals surface area contributed by atoms with E-state index in [2.05, 4.69) is 10.3 Å². The summed E-state index contributed by atoms with van der Waals surface area (Å²) in [6.45, 7) is 6.83. The highest BCUT2D eigenvalue weighted by Gasteiger charge is 2.33. The van der Waals surface area contributed by atoms with Gasteiger partial charge >= 0.3 is 12.1 Å². The van der Waals surface area contributed by atoms with Gasteiger partial charge in [-0.3, -0.25) is 9.59 Å². The number of ether oxygens (including phenoxy) is 1. The van der Waals surface area contributed by atoms with Gasteiger partial charge in [-0.05, 0) is 81.0 Å². The second kappa shape index (κ2) is 12.8. The van der Waals surface area contributed by atoms with Crippen LogP contribution >= 0.6 is 0 Å². The van der Waals surface area contributed by atoms with Gasteiger partial charge in [0.15, 0.2) is 0 Å². The van der Waals surface area contributed by atoms with Crippen LogP contribution in [0.4, 0.5) is 18.9 Å². The van der Waals surface area contributed by atoms with Crippen LogP contribution < -0.4 is 10.2 Å². The minimum Gasteiger partial charge on any atom is -0.460 e. The molecule has 9 heteroatoms. The molecule has 2 N–H and O–H groups in total. The minimum atomic E-state index is -4.47. The maximum atomic E-state index is 13.7. The highest BCUT2D eigenvalue weighted by molar-refractivity contribution is 5.87. The first-order valence-electron chi connectivity index (χ1n) is 15.0.